The van der Waals surface area contributed by atoms with E-state index in [0.717, 1.165) is 19.3 Å². The first-order valence-corrected chi connectivity index (χ1v) is 8.48. The van der Waals surface area contributed by atoms with E-state index in [0.29, 0.717) is 30.7 Å². The Morgan fingerprint density at radius 2 is 1.92 bits per heavy atom. The Morgan fingerprint density at radius 3 is 2.52 bits per heavy atom. The predicted octanol–water partition coefficient (Wildman–Crippen LogP) is 2.15. The van der Waals surface area contributed by atoms with Crippen molar-refractivity contribution in [3.8, 4) is 0 Å². The molecule has 0 bridgehead atoms. The highest BCUT2D eigenvalue weighted by Gasteiger charge is 2.42. The lowest BCUT2D eigenvalue weighted by molar-refractivity contribution is -0.126. The predicted molar refractivity (Wildman–Crippen MR) is 89.9 cm³/mol. The number of tetrazole rings is 1. The lowest BCUT2D eigenvalue weighted by atomic mass is 9.81. The van der Waals surface area contributed by atoms with Gasteiger partial charge < -0.3 is 10.1 Å². The van der Waals surface area contributed by atoms with E-state index < -0.39 is 5.54 Å². The summed E-state index contributed by atoms with van der Waals surface area (Å²) in [5.41, 5.74) is 0.311. The number of nitrogens with one attached hydrogen (secondary N) is 1. The van der Waals surface area contributed by atoms with Crippen molar-refractivity contribution in [2.24, 2.45) is 0 Å². The van der Waals surface area contributed by atoms with Crippen molar-refractivity contribution in [1.82, 2.24) is 20.2 Å². The van der Waals surface area contributed by atoms with Crippen molar-refractivity contribution < 1.29 is 14.3 Å². The molecule has 1 aromatic carbocycles. The molecule has 0 saturated heterocycles. The molecule has 1 aliphatic carbocycles. The van der Waals surface area contributed by atoms with Crippen LogP contribution in [0, 0.1) is 0 Å². The molecular formula is C17H21N5O3. The molecule has 0 aliphatic heterocycles. The highest BCUT2D eigenvalue weighted by molar-refractivity contribution is 5.97. The summed E-state index contributed by atoms with van der Waals surface area (Å²) < 4.78 is 6.52. The number of nitrogens with zero attached hydrogens (tertiary/aromatic N) is 4. The largest absolute Gasteiger partial charge is 0.462 e. The monoisotopic (exact) mass is 343 g/mol. The van der Waals surface area contributed by atoms with Crippen molar-refractivity contribution >= 4 is 17.6 Å². The van der Waals surface area contributed by atoms with Crippen molar-refractivity contribution in [1.29, 1.82) is 0 Å². The number of amides is 1. The standard InChI is InChI=1S/C17H21N5O3/c1-2-25-15(23)13-6-8-14(9-7-13)19-16(24)17(10-4-3-5-11-17)22-12-18-20-21-22/h6-9,12H,2-5,10-11H2,1H3,(H,19,24). The van der Waals surface area contributed by atoms with E-state index in [9.17, 15) is 9.59 Å². The first-order valence-electron chi connectivity index (χ1n) is 8.48. The van der Waals surface area contributed by atoms with Gasteiger partial charge in [0, 0.05) is 5.69 Å². The topological polar surface area (TPSA) is 99.0 Å². The number of anilines is 1. The van der Waals surface area contributed by atoms with Crippen LogP contribution in [0.5, 0.6) is 0 Å². The second-order valence-electron chi connectivity index (χ2n) is 6.10. The van der Waals surface area contributed by atoms with E-state index in [4.69, 9.17) is 4.74 Å². The highest BCUT2D eigenvalue weighted by Crippen LogP contribution is 2.35. The van der Waals surface area contributed by atoms with Crippen LogP contribution in [0.25, 0.3) is 0 Å². The number of carbonyl (C=O) groups is 2. The number of aromatic nitrogens is 4. The van der Waals surface area contributed by atoms with Gasteiger partial charge in [0.15, 0.2) is 0 Å². The van der Waals surface area contributed by atoms with Gasteiger partial charge in [-0.1, -0.05) is 19.3 Å². The number of hydrogen-bond donors (Lipinski definition) is 1. The SMILES string of the molecule is CCOC(=O)c1ccc(NC(=O)C2(n3cnnn3)CCCCC2)cc1. The molecule has 8 heteroatoms. The fraction of sp³-hybridized carbons (Fsp3) is 0.471. The molecule has 25 heavy (non-hydrogen) atoms. The Bertz CT molecular complexity index is 721. The van der Waals surface area contributed by atoms with Gasteiger partial charge in [-0.05, 0) is 54.5 Å². The van der Waals surface area contributed by atoms with Gasteiger partial charge in [0.25, 0.3) is 5.91 Å². The Morgan fingerprint density at radius 1 is 1.20 bits per heavy atom. The molecule has 1 fully saturated rings. The molecule has 3 rings (SSSR count). The molecule has 1 heterocycles. The van der Waals surface area contributed by atoms with E-state index in [1.165, 1.54) is 6.33 Å². The van der Waals surface area contributed by atoms with Gasteiger partial charge in [-0.3, -0.25) is 4.79 Å². The maximum atomic E-state index is 13.0. The molecule has 0 spiro atoms. The number of ether oxygens (including phenoxy) is 1. The summed E-state index contributed by atoms with van der Waals surface area (Å²) >= 11 is 0. The van der Waals surface area contributed by atoms with Gasteiger partial charge in [0.05, 0.1) is 12.2 Å². The van der Waals surface area contributed by atoms with Crippen molar-refractivity contribution in [2.75, 3.05) is 11.9 Å². The Hall–Kier alpha value is -2.77. The Kier molecular flexibility index (Phi) is 5.06. The third-order valence-electron chi connectivity index (χ3n) is 4.54. The normalized spacial score (nSPS) is 16.2. The molecule has 1 saturated carbocycles. The van der Waals surface area contributed by atoms with Crippen LogP contribution in [0.3, 0.4) is 0 Å². The second-order valence-corrected chi connectivity index (χ2v) is 6.10. The average molecular weight is 343 g/mol. The molecule has 1 aliphatic rings. The zero-order chi connectivity index (χ0) is 17.7. The van der Waals surface area contributed by atoms with Gasteiger partial charge in [0.2, 0.25) is 0 Å². The summed E-state index contributed by atoms with van der Waals surface area (Å²) in [6, 6.07) is 6.66. The van der Waals surface area contributed by atoms with Crippen molar-refractivity contribution in [3.05, 3.63) is 36.2 Å². The van der Waals surface area contributed by atoms with Crippen LogP contribution >= 0.6 is 0 Å². The van der Waals surface area contributed by atoms with E-state index in [-0.39, 0.29) is 11.9 Å². The molecular weight excluding hydrogens is 322 g/mol. The summed E-state index contributed by atoms with van der Waals surface area (Å²) in [5.74, 6) is -0.513. The molecule has 8 nitrogen and oxygen atoms in total. The van der Waals surface area contributed by atoms with Gasteiger partial charge in [0.1, 0.15) is 11.9 Å². The number of hydrogen-bond acceptors (Lipinski definition) is 6. The molecule has 0 unspecified atom stereocenters. The third kappa shape index (κ3) is 3.52. The van der Waals surface area contributed by atoms with E-state index in [2.05, 4.69) is 20.8 Å². The van der Waals surface area contributed by atoms with Gasteiger partial charge in [-0.15, -0.1) is 5.10 Å². The maximum Gasteiger partial charge on any atom is 0.338 e. The van der Waals surface area contributed by atoms with Crippen LogP contribution in [-0.2, 0) is 15.1 Å². The summed E-state index contributed by atoms with van der Waals surface area (Å²) in [6.45, 7) is 2.08. The quantitative estimate of drug-likeness (QED) is 0.835. The second kappa shape index (κ2) is 7.42. The zero-order valence-corrected chi connectivity index (χ0v) is 14.1. The highest BCUT2D eigenvalue weighted by atomic mass is 16.5. The first kappa shape index (κ1) is 17.1. The Balaban J connectivity index is 1.77. The number of rotatable bonds is 5. The minimum Gasteiger partial charge on any atom is -0.462 e. The van der Waals surface area contributed by atoms with Crippen LogP contribution in [0.2, 0.25) is 0 Å². The summed E-state index contributed by atoms with van der Waals surface area (Å²) in [7, 11) is 0. The molecule has 2 aromatic rings. The molecule has 1 N–H and O–H groups in total. The van der Waals surface area contributed by atoms with E-state index in [1.54, 1.807) is 35.9 Å². The first-order chi connectivity index (χ1) is 12.2. The smallest absolute Gasteiger partial charge is 0.338 e. The van der Waals surface area contributed by atoms with Crippen LogP contribution in [0.4, 0.5) is 5.69 Å². The van der Waals surface area contributed by atoms with Crippen LogP contribution in [0.1, 0.15) is 49.4 Å². The Labute approximate surface area is 145 Å². The third-order valence-corrected chi connectivity index (χ3v) is 4.54. The number of benzene rings is 1. The fourth-order valence-corrected chi connectivity index (χ4v) is 3.21. The fourth-order valence-electron chi connectivity index (χ4n) is 3.21. The molecule has 1 aromatic heterocycles. The van der Waals surface area contributed by atoms with E-state index in [1.807, 2.05) is 0 Å². The minimum absolute atomic E-state index is 0.136. The van der Waals surface area contributed by atoms with Crippen molar-refractivity contribution in [3.63, 3.8) is 0 Å². The van der Waals surface area contributed by atoms with E-state index >= 15 is 0 Å². The lowest BCUT2D eigenvalue weighted by Gasteiger charge is -2.35. The summed E-state index contributed by atoms with van der Waals surface area (Å²) in [5, 5.41) is 14.3. The zero-order valence-electron chi connectivity index (χ0n) is 14.1. The lowest BCUT2D eigenvalue weighted by Crippen LogP contribution is -2.47. The number of carbonyl (C=O) groups excluding carboxylic acids is 2. The minimum atomic E-state index is -0.762. The van der Waals surface area contributed by atoms with Crippen LogP contribution in [-0.4, -0.2) is 38.7 Å². The molecule has 132 valence electrons. The van der Waals surface area contributed by atoms with Crippen LogP contribution in [0.15, 0.2) is 30.6 Å². The van der Waals surface area contributed by atoms with Gasteiger partial charge in [-0.25, -0.2) is 9.48 Å². The average Bonchev–Trinajstić information content (AvgIpc) is 3.18. The van der Waals surface area contributed by atoms with Crippen molar-refractivity contribution in [2.45, 2.75) is 44.6 Å². The summed E-state index contributed by atoms with van der Waals surface area (Å²) in [4.78, 5) is 24.7. The molecule has 0 atom stereocenters. The maximum absolute atomic E-state index is 13.0. The summed E-state index contributed by atoms with van der Waals surface area (Å²) in [6.07, 6.45) is 5.90. The molecule has 0 radical (unpaired) electrons. The van der Waals surface area contributed by atoms with Crippen LogP contribution < -0.4 is 5.32 Å². The number of esters is 1. The van der Waals surface area contributed by atoms with Gasteiger partial charge >= 0.3 is 5.97 Å². The van der Waals surface area contributed by atoms with Gasteiger partial charge in [-0.2, -0.15) is 0 Å². The molecule has 1 amide bonds.